The first kappa shape index (κ1) is 24.8. The van der Waals surface area contributed by atoms with Gasteiger partial charge in [0.1, 0.15) is 12.4 Å². The monoisotopic (exact) mass is 520 g/mol. The standard InChI is InChI=1S/C25H26Cl2N2O4S/c26-22-10-4-11-23(27)21(22)17-34(31,32)29-14-5-8-19(16-29)25(30)28-13-15-33-24-12-3-7-18-6-1-2-9-20(18)24/h1-4,6-7,9-12,19H,5,8,13-17H2,(H,28,30). The van der Waals surface area contributed by atoms with Crippen LogP contribution in [0.2, 0.25) is 10.0 Å². The van der Waals surface area contributed by atoms with Crippen LogP contribution in [0, 0.1) is 5.92 Å². The molecule has 0 spiro atoms. The summed E-state index contributed by atoms with van der Waals surface area (Å²) in [6.45, 7) is 1.17. The molecule has 3 aromatic carbocycles. The summed E-state index contributed by atoms with van der Waals surface area (Å²) in [7, 11) is -3.67. The highest BCUT2D eigenvalue weighted by Gasteiger charge is 2.33. The molecule has 1 atom stereocenters. The third-order valence-electron chi connectivity index (χ3n) is 5.95. The van der Waals surface area contributed by atoms with Crippen molar-refractivity contribution in [2.75, 3.05) is 26.2 Å². The van der Waals surface area contributed by atoms with Gasteiger partial charge in [-0.2, -0.15) is 0 Å². The van der Waals surface area contributed by atoms with Gasteiger partial charge in [-0.05, 0) is 36.4 Å². The molecule has 1 aliphatic rings. The number of nitrogens with one attached hydrogen (secondary N) is 1. The number of amides is 1. The van der Waals surface area contributed by atoms with Crippen molar-refractivity contribution in [2.24, 2.45) is 5.92 Å². The van der Waals surface area contributed by atoms with Crippen molar-refractivity contribution in [3.05, 3.63) is 76.3 Å². The van der Waals surface area contributed by atoms with Crippen LogP contribution in [0.1, 0.15) is 18.4 Å². The van der Waals surface area contributed by atoms with Crippen LogP contribution in [-0.2, 0) is 20.6 Å². The molecule has 1 unspecified atom stereocenters. The number of carbonyl (C=O) groups is 1. The maximum absolute atomic E-state index is 13.0. The topological polar surface area (TPSA) is 75.7 Å². The van der Waals surface area contributed by atoms with Crippen LogP contribution < -0.4 is 10.1 Å². The van der Waals surface area contributed by atoms with Crippen molar-refractivity contribution in [1.29, 1.82) is 0 Å². The Labute approximate surface area is 209 Å². The predicted molar refractivity (Wildman–Crippen MR) is 136 cm³/mol. The molecule has 180 valence electrons. The number of carbonyl (C=O) groups excluding carboxylic acids is 1. The average molecular weight is 521 g/mol. The Balaban J connectivity index is 1.31. The third kappa shape index (κ3) is 5.84. The summed E-state index contributed by atoms with van der Waals surface area (Å²) in [5, 5.41) is 5.62. The first-order valence-corrected chi connectivity index (χ1v) is 13.5. The van der Waals surface area contributed by atoms with Gasteiger partial charge in [0, 0.05) is 34.1 Å². The number of ether oxygens (including phenoxy) is 1. The molecule has 6 nitrogen and oxygen atoms in total. The number of hydrogen-bond donors (Lipinski definition) is 1. The lowest BCUT2D eigenvalue weighted by Gasteiger charge is -2.31. The fourth-order valence-corrected chi connectivity index (χ4v) is 6.52. The molecule has 1 N–H and O–H groups in total. The quantitative estimate of drug-likeness (QED) is 0.429. The van der Waals surface area contributed by atoms with Gasteiger partial charge in [0.25, 0.3) is 0 Å². The van der Waals surface area contributed by atoms with Crippen molar-refractivity contribution in [3.8, 4) is 5.75 Å². The Kier molecular flexibility index (Phi) is 7.99. The molecule has 0 bridgehead atoms. The van der Waals surface area contributed by atoms with Crippen LogP contribution in [0.5, 0.6) is 5.75 Å². The Bertz CT molecular complexity index is 1260. The van der Waals surface area contributed by atoms with E-state index in [1.807, 2.05) is 42.5 Å². The Morgan fingerprint density at radius 1 is 1.03 bits per heavy atom. The molecule has 1 fully saturated rings. The van der Waals surface area contributed by atoms with Crippen molar-refractivity contribution >= 4 is 49.9 Å². The minimum atomic E-state index is -3.67. The summed E-state index contributed by atoms with van der Waals surface area (Å²) in [6.07, 6.45) is 1.24. The van der Waals surface area contributed by atoms with Gasteiger partial charge < -0.3 is 10.1 Å². The Hall–Kier alpha value is -2.32. The highest BCUT2D eigenvalue weighted by molar-refractivity contribution is 7.88. The van der Waals surface area contributed by atoms with E-state index in [4.69, 9.17) is 27.9 Å². The van der Waals surface area contributed by atoms with Gasteiger partial charge in [0.05, 0.1) is 18.2 Å². The number of fused-ring (bicyclic) bond motifs is 1. The van der Waals surface area contributed by atoms with Crippen LogP contribution in [0.4, 0.5) is 0 Å². The number of piperidine rings is 1. The molecule has 9 heteroatoms. The van der Waals surface area contributed by atoms with E-state index in [0.717, 1.165) is 16.5 Å². The molecular formula is C25H26Cl2N2O4S. The molecule has 4 rings (SSSR count). The van der Waals surface area contributed by atoms with Gasteiger partial charge in [-0.15, -0.1) is 0 Å². The Morgan fingerprint density at radius 3 is 2.53 bits per heavy atom. The zero-order chi connectivity index (χ0) is 24.1. The smallest absolute Gasteiger partial charge is 0.224 e. The summed E-state index contributed by atoms with van der Waals surface area (Å²) in [6, 6.07) is 18.7. The normalized spacial score (nSPS) is 16.9. The number of rotatable bonds is 8. The molecule has 1 heterocycles. The van der Waals surface area contributed by atoms with Gasteiger partial charge in [-0.1, -0.05) is 65.7 Å². The summed E-state index contributed by atoms with van der Waals surface area (Å²) in [4.78, 5) is 12.7. The molecule has 1 aliphatic heterocycles. The molecule has 34 heavy (non-hydrogen) atoms. The van der Waals surface area contributed by atoms with Crippen molar-refractivity contribution in [2.45, 2.75) is 18.6 Å². The SMILES string of the molecule is O=C(NCCOc1cccc2ccccc12)C1CCCN(S(=O)(=O)Cc2c(Cl)cccc2Cl)C1. The zero-order valence-corrected chi connectivity index (χ0v) is 20.9. The van der Waals surface area contributed by atoms with Crippen LogP contribution in [0.3, 0.4) is 0 Å². The Morgan fingerprint density at radius 2 is 1.74 bits per heavy atom. The minimum Gasteiger partial charge on any atom is -0.491 e. The predicted octanol–water partition coefficient (Wildman–Crippen LogP) is 4.88. The second-order valence-corrected chi connectivity index (χ2v) is 11.1. The summed E-state index contributed by atoms with van der Waals surface area (Å²) in [5.74, 6) is -0.112. The van der Waals surface area contributed by atoms with Crippen LogP contribution in [0.25, 0.3) is 10.8 Å². The first-order chi connectivity index (χ1) is 16.3. The van der Waals surface area contributed by atoms with Crippen molar-refractivity contribution in [1.82, 2.24) is 9.62 Å². The molecule has 3 aromatic rings. The lowest BCUT2D eigenvalue weighted by Crippen LogP contribution is -2.46. The molecule has 1 saturated heterocycles. The summed E-state index contributed by atoms with van der Waals surface area (Å²) >= 11 is 12.3. The number of hydrogen-bond acceptors (Lipinski definition) is 4. The highest BCUT2D eigenvalue weighted by atomic mass is 35.5. The van der Waals surface area contributed by atoms with Gasteiger partial charge in [-0.25, -0.2) is 12.7 Å². The van der Waals surface area contributed by atoms with Gasteiger partial charge in [0.2, 0.25) is 15.9 Å². The minimum absolute atomic E-state index is 0.139. The molecule has 0 aliphatic carbocycles. The lowest BCUT2D eigenvalue weighted by molar-refractivity contribution is -0.126. The van der Waals surface area contributed by atoms with E-state index in [1.165, 1.54) is 4.31 Å². The maximum Gasteiger partial charge on any atom is 0.224 e. The van der Waals surface area contributed by atoms with Crippen LogP contribution in [0.15, 0.2) is 60.7 Å². The summed E-state index contributed by atoms with van der Waals surface area (Å²) < 4.78 is 33.3. The number of benzene rings is 3. The van der Waals surface area contributed by atoms with E-state index in [-0.39, 0.29) is 18.2 Å². The van der Waals surface area contributed by atoms with Crippen LogP contribution >= 0.6 is 23.2 Å². The fraction of sp³-hybridized carbons (Fsp3) is 0.320. The highest BCUT2D eigenvalue weighted by Crippen LogP contribution is 2.29. The molecule has 0 saturated carbocycles. The van der Waals surface area contributed by atoms with Gasteiger partial charge in [-0.3, -0.25) is 4.79 Å². The summed E-state index contributed by atoms with van der Waals surface area (Å²) in [5.41, 5.74) is 0.378. The molecule has 1 amide bonds. The lowest BCUT2D eigenvalue weighted by atomic mass is 9.99. The average Bonchev–Trinajstić information content (AvgIpc) is 2.84. The van der Waals surface area contributed by atoms with Crippen LogP contribution in [-0.4, -0.2) is 44.9 Å². The van der Waals surface area contributed by atoms with E-state index in [1.54, 1.807) is 18.2 Å². The van der Waals surface area contributed by atoms with E-state index >= 15 is 0 Å². The second kappa shape index (κ2) is 11.0. The zero-order valence-electron chi connectivity index (χ0n) is 18.5. The van der Waals surface area contributed by atoms with E-state index in [2.05, 4.69) is 5.32 Å². The fourth-order valence-electron chi connectivity index (χ4n) is 4.15. The second-order valence-electron chi connectivity index (χ2n) is 8.27. The number of halogens is 2. The van der Waals surface area contributed by atoms with E-state index in [9.17, 15) is 13.2 Å². The molecule has 0 radical (unpaired) electrons. The van der Waals surface area contributed by atoms with E-state index < -0.39 is 15.9 Å². The number of sulfonamides is 1. The maximum atomic E-state index is 13.0. The van der Waals surface area contributed by atoms with Crippen molar-refractivity contribution < 1.29 is 17.9 Å². The largest absolute Gasteiger partial charge is 0.491 e. The molecular weight excluding hydrogens is 495 g/mol. The van der Waals surface area contributed by atoms with Gasteiger partial charge in [0.15, 0.2) is 0 Å². The van der Waals surface area contributed by atoms with E-state index in [0.29, 0.717) is 48.1 Å². The van der Waals surface area contributed by atoms with Gasteiger partial charge >= 0.3 is 0 Å². The van der Waals surface area contributed by atoms with Crippen molar-refractivity contribution in [3.63, 3.8) is 0 Å². The number of nitrogens with zero attached hydrogens (tertiary/aromatic N) is 1. The first-order valence-electron chi connectivity index (χ1n) is 11.1. The molecule has 0 aromatic heterocycles. The third-order valence-corrected chi connectivity index (χ3v) is 8.43.